The lowest BCUT2D eigenvalue weighted by atomic mass is 10.1. The molecule has 0 unspecified atom stereocenters. The average molecular weight is 301 g/mol. The summed E-state index contributed by atoms with van der Waals surface area (Å²) in [6.07, 6.45) is -4.46. The van der Waals surface area contributed by atoms with Gasteiger partial charge < -0.3 is 14.8 Å². The highest BCUT2D eigenvalue weighted by molar-refractivity contribution is 5.39. The smallest absolute Gasteiger partial charge is 0.419 e. The first-order valence-electron chi connectivity index (χ1n) is 6.41. The van der Waals surface area contributed by atoms with Gasteiger partial charge in [-0.25, -0.2) is 0 Å². The van der Waals surface area contributed by atoms with Crippen molar-refractivity contribution in [3.05, 3.63) is 29.3 Å². The summed E-state index contributed by atoms with van der Waals surface area (Å²) in [7, 11) is 1.56. The molecule has 0 saturated heterocycles. The van der Waals surface area contributed by atoms with Crippen LogP contribution in [0.5, 0.6) is 5.75 Å². The summed E-state index contributed by atoms with van der Waals surface area (Å²) in [4.78, 5) is 0. The first kappa shape index (κ1) is 17.3. The lowest BCUT2D eigenvalue weighted by Crippen LogP contribution is -2.19. The number of nitrogens with one attached hydrogen (secondary N) is 1. The van der Waals surface area contributed by atoms with E-state index < -0.39 is 11.7 Å². The van der Waals surface area contributed by atoms with E-state index in [1.54, 1.807) is 20.1 Å². The molecule has 1 aromatic rings. The van der Waals surface area contributed by atoms with Crippen molar-refractivity contribution in [3.8, 4) is 17.6 Å². The van der Waals surface area contributed by atoms with Gasteiger partial charge in [0.15, 0.2) is 0 Å². The molecular weight excluding hydrogens is 283 g/mol. The van der Waals surface area contributed by atoms with Crippen molar-refractivity contribution in [1.82, 2.24) is 5.32 Å². The number of ether oxygens (including phenoxy) is 2. The minimum atomic E-state index is -4.46. The first-order valence-corrected chi connectivity index (χ1v) is 6.41. The molecule has 0 fully saturated rings. The van der Waals surface area contributed by atoms with Gasteiger partial charge in [-0.1, -0.05) is 12.0 Å². The number of hydrogen-bond acceptors (Lipinski definition) is 3. The van der Waals surface area contributed by atoms with Crippen molar-refractivity contribution in [2.45, 2.75) is 19.6 Å². The first-order chi connectivity index (χ1) is 9.99. The maximum Gasteiger partial charge on any atom is 0.419 e. The van der Waals surface area contributed by atoms with E-state index in [9.17, 15) is 13.2 Å². The van der Waals surface area contributed by atoms with Crippen LogP contribution in [0, 0.1) is 11.8 Å². The summed E-state index contributed by atoms with van der Waals surface area (Å²) in [5.74, 6) is 4.94. The molecule has 1 rings (SSSR count). The molecule has 0 heterocycles. The Balaban J connectivity index is 2.82. The van der Waals surface area contributed by atoms with Crippen LogP contribution < -0.4 is 10.1 Å². The average Bonchev–Trinajstić information content (AvgIpc) is 2.44. The maximum atomic E-state index is 13.0. The van der Waals surface area contributed by atoms with Crippen LogP contribution in [-0.4, -0.2) is 26.9 Å². The number of methoxy groups -OCH3 is 1. The quantitative estimate of drug-likeness (QED) is 0.620. The van der Waals surface area contributed by atoms with Gasteiger partial charge in [0, 0.05) is 20.2 Å². The molecule has 0 aliphatic heterocycles. The summed E-state index contributed by atoms with van der Waals surface area (Å²) in [5.41, 5.74) is -0.251. The highest BCUT2D eigenvalue weighted by Gasteiger charge is 2.34. The van der Waals surface area contributed by atoms with Gasteiger partial charge in [-0.2, -0.15) is 13.2 Å². The van der Waals surface area contributed by atoms with Crippen LogP contribution >= 0.6 is 0 Å². The lowest BCUT2D eigenvalue weighted by Gasteiger charge is -2.14. The van der Waals surface area contributed by atoms with Gasteiger partial charge in [-0.3, -0.25) is 0 Å². The van der Waals surface area contributed by atoms with E-state index in [4.69, 9.17) is 9.47 Å². The number of halogens is 3. The van der Waals surface area contributed by atoms with Crippen LogP contribution in [0.1, 0.15) is 18.1 Å². The van der Waals surface area contributed by atoms with Crippen LogP contribution in [0.25, 0.3) is 0 Å². The second kappa shape index (κ2) is 8.55. The van der Waals surface area contributed by atoms with E-state index in [-0.39, 0.29) is 12.4 Å². The Labute approximate surface area is 122 Å². The van der Waals surface area contributed by atoms with E-state index in [1.165, 1.54) is 6.07 Å². The van der Waals surface area contributed by atoms with Crippen LogP contribution in [-0.2, 0) is 17.5 Å². The Morgan fingerprint density at radius 3 is 2.67 bits per heavy atom. The summed E-state index contributed by atoms with van der Waals surface area (Å²) < 4.78 is 49.0. The van der Waals surface area contributed by atoms with E-state index in [2.05, 4.69) is 17.2 Å². The second-order valence-electron chi connectivity index (χ2n) is 4.21. The highest BCUT2D eigenvalue weighted by Crippen LogP contribution is 2.36. The van der Waals surface area contributed by atoms with Crippen molar-refractivity contribution in [1.29, 1.82) is 0 Å². The molecule has 21 heavy (non-hydrogen) atoms. The largest absolute Gasteiger partial charge is 0.480 e. The molecule has 116 valence electrons. The minimum absolute atomic E-state index is 0.0645. The fraction of sp³-hybridized carbons (Fsp3) is 0.467. The predicted molar refractivity (Wildman–Crippen MR) is 74.0 cm³/mol. The molecule has 6 heteroatoms. The van der Waals surface area contributed by atoms with E-state index in [0.717, 1.165) is 6.07 Å². The third kappa shape index (κ3) is 6.06. The maximum absolute atomic E-state index is 13.0. The zero-order chi connectivity index (χ0) is 15.7. The molecule has 1 N–H and O–H groups in total. The lowest BCUT2D eigenvalue weighted by molar-refractivity contribution is -0.138. The molecule has 3 nitrogen and oxygen atoms in total. The topological polar surface area (TPSA) is 30.5 Å². The van der Waals surface area contributed by atoms with Gasteiger partial charge in [-0.05, 0) is 24.6 Å². The molecule has 0 saturated carbocycles. The summed E-state index contributed by atoms with van der Waals surface area (Å²) in [6, 6.07) is 4.02. The number of rotatable bonds is 7. The summed E-state index contributed by atoms with van der Waals surface area (Å²) in [5, 5.41) is 3.00. The minimum Gasteiger partial charge on any atom is -0.480 e. The second-order valence-corrected chi connectivity index (χ2v) is 4.21. The van der Waals surface area contributed by atoms with Crippen LogP contribution in [0.3, 0.4) is 0 Å². The van der Waals surface area contributed by atoms with Gasteiger partial charge >= 0.3 is 6.18 Å². The molecule has 0 atom stereocenters. The fourth-order valence-electron chi connectivity index (χ4n) is 1.63. The molecule has 0 spiro atoms. The third-order valence-corrected chi connectivity index (χ3v) is 2.64. The summed E-state index contributed by atoms with van der Waals surface area (Å²) in [6.45, 7) is 2.94. The Morgan fingerprint density at radius 1 is 1.29 bits per heavy atom. The molecule has 0 bridgehead atoms. The monoisotopic (exact) mass is 301 g/mol. The summed E-state index contributed by atoms with van der Waals surface area (Å²) >= 11 is 0. The van der Waals surface area contributed by atoms with Crippen molar-refractivity contribution < 1.29 is 22.6 Å². The number of alkyl halides is 3. The third-order valence-electron chi connectivity index (χ3n) is 2.64. The van der Waals surface area contributed by atoms with Crippen molar-refractivity contribution in [3.63, 3.8) is 0 Å². The van der Waals surface area contributed by atoms with Gasteiger partial charge in [0.05, 0.1) is 12.2 Å². The Bertz CT molecular complexity index is 504. The van der Waals surface area contributed by atoms with Crippen molar-refractivity contribution in [2.75, 3.05) is 26.9 Å². The van der Waals surface area contributed by atoms with Crippen LogP contribution in [0.4, 0.5) is 13.2 Å². The van der Waals surface area contributed by atoms with Gasteiger partial charge in [0.2, 0.25) is 0 Å². The van der Waals surface area contributed by atoms with E-state index >= 15 is 0 Å². The highest BCUT2D eigenvalue weighted by atomic mass is 19.4. The standard InChI is InChI=1S/C15H18F3NO2/c1-3-4-8-21-14-6-5-12(11-19-7-9-20-2)10-13(14)15(16,17)18/h5-6,10,19H,7-9,11H2,1-2H3. The molecule has 0 aliphatic carbocycles. The molecular formula is C15H18F3NO2. The Kier molecular flexibility index (Phi) is 7.06. The van der Waals surface area contributed by atoms with Crippen molar-refractivity contribution >= 4 is 0 Å². The normalized spacial score (nSPS) is 10.9. The molecule has 1 aromatic carbocycles. The van der Waals surface area contributed by atoms with Crippen molar-refractivity contribution in [2.24, 2.45) is 0 Å². The number of benzene rings is 1. The molecule has 0 radical (unpaired) electrons. The molecule has 0 amide bonds. The van der Waals surface area contributed by atoms with E-state index in [0.29, 0.717) is 25.3 Å². The van der Waals surface area contributed by atoms with Crippen LogP contribution in [0.15, 0.2) is 18.2 Å². The molecule has 0 aromatic heterocycles. The Hall–Kier alpha value is -1.71. The number of hydrogen-bond donors (Lipinski definition) is 1. The van der Waals surface area contributed by atoms with E-state index in [1.807, 2.05) is 0 Å². The zero-order valence-corrected chi connectivity index (χ0v) is 12.0. The van der Waals surface area contributed by atoms with Gasteiger partial charge in [0.25, 0.3) is 0 Å². The predicted octanol–water partition coefficient (Wildman–Crippen LogP) is 2.84. The van der Waals surface area contributed by atoms with Gasteiger partial charge in [0.1, 0.15) is 12.4 Å². The van der Waals surface area contributed by atoms with Gasteiger partial charge in [-0.15, -0.1) is 5.92 Å². The molecule has 0 aliphatic rings. The van der Waals surface area contributed by atoms with Crippen LogP contribution in [0.2, 0.25) is 0 Å². The SMILES string of the molecule is CC#CCOc1ccc(CNCCOC)cc1C(F)(F)F. The fourth-order valence-corrected chi connectivity index (χ4v) is 1.63. The Morgan fingerprint density at radius 2 is 2.05 bits per heavy atom. The zero-order valence-electron chi connectivity index (χ0n) is 12.0.